The maximum atomic E-state index is 7.58. The highest BCUT2D eigenvalue weighted by atomic mass is 14.9. The van der Waals surface area contributed by atoms with Crippen LogP contribution in [0.5, 0.6) is 0 Å². The molecule has 0 amide bonds. The number of rotatable bonds is 13. The summed E-state index contributed by atoms with van der Waals surface area (Å²) >= 11 is 0. The predicted octanol–water partition coefficient (Wildman–Crippen LogP) is 28.3. The van der Waals surface area contributed by atoms with E-state index in [2.05, 4.69) is 347 Å². The molecule has 0 bridgehead atoms. The van der Waals surface area contributed by atoms with Crippen molar-refractivity contribution >= 4 is 11.4 Å². The van der Waals surface area contributed by atoms with Gasteiger partial charge in [0, 0.05) is 44.2 Å². The van der Waals surface area contributed by atoms with Gasteiger partial charge in [-0.3, -0.25) is 0 Å². The van der Waals surface area contributed by atoms with Gasteiger partial charge in [-0.25, -0.2) is 29.6 Å². The smallest absolute Gasteiger partial charge is 0.187 e. The molecule has 112 heavy (non-hydrogen) atoms. The first-order chi connectivity index (χ1) is 54.8. The van der Waals surface area contributed by atoms with Crippen molar-refractivity contribution in [3.63, 3.8) is 0 Å². The Bertz CT molecular complexity index is 6420. The van der Waals surface area contributed by atoms with E-state index in [1.807, 2.05) is 66.7 Å². The molecule has 2 heterocycles. The molecule has 528 valence electrons. The summed E-state index contributed by atoms with van der Waals surface area (Å²) in [6.45, 7) is 24.2. The van der Waals surface area contributed by atoms with Crippen LogP contribution in [-0.4, -0.2) is 19.9 Å². The molecule has 0 saturated heterocycles. The lowest BCUT2D eigenvalue weighted by atomic mass is 9.82. The van der Waals surface area contributed by atoms with Gasteiger partial charge in [0.15, 0.2) is 23.0 Å². The van der Waals surface area contributed by atoms with Crippen molar-refractivity contribution in [2.75, 3.05) is 0 Å². The third kappa shape index (κ3) is 13.5. The Kier molecular flexibility index (Phi) is 18.0. The van der Waals surface area contributed by atoms with Crippen LogP contribution in [0.4, 0.5) is 11.4 Å². The van der Waals surface area contributed by atoms with Crippen LogP contribution in [-0.2, 0) is 10.8 Å². The molecular weight excluding hydrogens is 1360 g/mol. The van der Waals surface area contributed by atoms with Crippen molar-refractivity contribution in [2.45, 2.75) is 38.5 Å². The van der Waals surface area contributed by atoms with Crippen LogP contribution in [0.1, 0.15) is 49.9 Å². The van der Waals surface area contributed by atoms with Crippen LogP contribution in [0.15, 0.2) is 376 Å². The fraction of sp³-hybridized carbons (Fsp3) is 0.0566. The highest BCUT2D eigenvalue weighted by molar-refractivity contribution is 5.90. The summed E-state index contributed by atoms with van der Waals surface area (Å²) in [4.78, 5) is 27.8. The molecule has 17 aromatic rings. The van der Waals surface area contributed by atoms with Crippen LogP contribution in [0.2, 0.25) is 0 Å². The maximum Gasteiger partial charge on any atom is 0.187 e. The van der Waals surface area contributed by atoms with Gasteiger partial charge in [0.25, 0.3) is 0 Å². The van der Waals surface area contributed by atoms with Crippen molar-refractivity contribution < 1.29 is 0 Å². The van der Waals surface area contributed by atoms with E-state index in [0.717, 1.165) is 106 Å². The first-order valence-corrected chi connectivity index (χ1v) is 37.9. The van der Waals surface area contributed by atoms with E-state index in [0.29, 0.717) is 23.0 Å². The number of nitrogens with zero attached hydrogens (tertiary/aromatic N) is 6. The Morgan fingerprint density at radius 2 is 0.402 bits per heavy atom. The highest BCUT2D eigenvalue weighted by Gasteiger charge is 2.37. The standard InChI is InChI=1S/C56H39N3.C50H35N3/c1-56(2)51-29-27-44(34-49(51)50-35-48(57-3)28-30-52(50)56)41-21-19-39(20-22-41)40-23-25-42(26-24-40)53-36-54(59-55(58-53)43-17-11-6-12-18-43)47-32-45(37-13-7-4-8-14-37)31-46(33-47)38-15-9-5-10-16-38;1-50(2)45-28-26-41(30-43(45)44-31-42(51-3)27-29-46(44)50)37-16-14-35(15-17-37)36-20-24-39(25-21-36)48-32-47(52-49(53-48)40-12-8-5-9-13-40)38-22-18-34(19-23-38)33-10-6-4-7-11-33/h4-36H,1-2H3;4-32H,1-2H3. The molecule has 0 spiro atoms. The number of benzene rings is 15. The van der Waals surface area contributed by atoms with Crippen molar-refractivity contribution in [1.82, 2.24) is 19.9 Å². The fourth-order valence-electron chi connectivity index (χ4n) is 16.1. The molecule has 6 heteroatoms. The Balaban J connectivity index is 0.000000157. The van der Waals surface area contributed by atoms with Gasteiger partial charge in [0.2, 0.25) is 0 Å². The van der Waals surface area contributed by atoms with Crippen molar-refractivity contribution in [3.05, 3.63) is 421 Å². The van der Waals surface area contributed by atoms with Gasteiger partial charge >= 0.3 is 0 Å². The molecule has 0 N–H and O–H groups in total. The van der Waals surface area contributed by atoms with Gasteiger partial charge < -0.3 is 0 Å². The topological polar surface area (TPSA) is 60.3 Å². The van der Waals surface area contributed by atoms with Crippen LogP contribution >= 0.6 is 0 Å². The predicted molar refractivity (Wildman–Crippen MR) is 462 cm³/mol. The fourth-order valence-corrected chi connectivity index (χ4v) is 16.1. The van der Waals surface area contributed by atoms with E-state index < -0.39 is 0 Å². The highest BCUT2D eigenvalue weighted by Crippen LogP contribution is 2.53. The van der Waals surface area contributed by atoms with Gasteiger partial charge in [-0.1, -0.05) is 349 Å². The summed E-state index contributed by atoms with van der Waals surface area (Å²) in [5.41, 5.74) is 36.9. The van der Waals surface area contributed by atoms with Crippen molar-refractivity contribution in [3.8, 4) is 168 Å². The number of aromatic nitrogens is 4. The van der Waals surface area contributed by atoms with Gasteiger partial charge in [-0.05, 0) is 177 Å². The van der Waals surface area contributed by atoms with Crippen LogP contribution < -0.4 is 0 Å². The number of hydrogen-bond donors (Lipinski definition) is 0. The van der Waals surface area contributed by atoms with Gasteiger partial charge in [0.05, 0.1) is 35.9 Å². The lowest BCUT2D eigenvalue weighted by molar-refractivity contribution is 0.660. The third-order valence-electron chi connectivity index (χ3n) is 22.3. The summed E-state index contributed by atoms with van der Waals surface area (Å²) in [6.07, 6.45) is 0. The normalized spacial score (nSPS) is 12.4. The molecule has 2 aromatic heterocycles. The average Bonchev–Trinajstić information content (AvgIpc) is 1.57. The quantitative estimate of drug-likeness (QED) is 0.108. The van der Waals surface area contributed by atoms with Crippen molar-refractivity contribution in [1.29, 1.82) is 0 Å². The largest absolute Gasteiger partial charge is 0.238 e. The summed E-state index contributed by atoms with van der Waals surface area (Å²) in [7, 11) is 0. The molecule has 0 atom stereocenters. The molecule has 15 aromatic carbocycles. The van der Waals surface area contributed by atoms with Crippen LogP contribution in [0, 0.1) is 13.1 Å². The van der Waals surface area contributed by atoms with Crippen LogP contribution in [0.3, 0.4) is 0 Å². The maximum absolute atomic E-state index is 7.58. The lowest BCUT2D eigenvalue weighted by Crippen LogP contribution is -2.14. The zero-order chi connectivity index (χ0) is 75.9. The molecule has 0 unspecified atom stereocenters. The Labute approximate surface area is 654 Å². The monoisotopic (exact) mass is 1430 g/mol. The Morgan fingerprint density at radius 1 is 0.188 bits per heavy atom. The molecule has 0 saturated carbocycles. The molecule has 0 aliphatic heterocycles. The second kappa shape index (κ2) is 29.2. The minimum Gasteiger partial charge on any atom is -0.238 e. The van der Waals surface area contributed by atoms with E-state index in [-0.39, 0.29) is 10.8 Å². The summed E-state index contributed by atoms with van der Waals surface area (Å²) in [6, 6.07) is 132. The number of fused-ring (bicyclic) bond motifs is 6. The van der Waals surface area contributed by atoms with Gasteiger partial charge in [-0.15, -0.1) is 0 Å². The van der Waals surface area contributed by atoms with E-state index >= 15 is 0 Å². The molecular formula is C106H74N6. The average molecular weight is 1430 g/mol. The Morgan fingerprint density at radius 3 is 0.696 bits per heavy atom. The zero-order valence-corrected chi connectivity index (χ0v) is 62.5. The SMILES string of the molecule is [C-]#[N+]c1ccc2c(c1)-c1cc(-c3ccc(-c4ccc(-c5cc(-c6cc(-c7ccccc7)cc(-c7ccccc7)c6)nc(-c6ccccc6)n5)cc4)cc3)ccc1C2(C)C.[C-]#[N+]c1ccc2c(c1)-c1cc(-c3ccc(-c4ccc(-c5cc(-c6ccc(-c7ccccc7)cc6)nc(-c6ccccc6)n5)cc4)cc3)ccc1C2(C)C. The van der Waals surface area contributed by atoms with Crippen LogP contribution in [0.25, 0.3) is 178 Å². The first kappa shape index (κ1) is 69.2. The minimum absolute atomic E-state index is 0.0929. The second-order valence-corrected chi connectivity index (χ2v) is 29.9. The molecule has 19 rings (SSSR count). The minimum atomic E-state index is -0.102. The third-order valence-corrected chi connectivity index (χ3v) is 22.3. The second-order valence-electron chi connectivity index (χ2n) is 29.9. The van der Waals surface area contributed by atoms with Crippen molar-refractivity contribution in [2.24, 2.45) is 0 Å². The molecule has 6 nitrogen and oxygen atoms in total. The van der Waals surface area contributed by atoms with Gasteiger partial charge in [-0.2, -0.15) is 0 Å². The van der Waals surface area contributed by atoms with E-state index in [1.54, 1.807) is 0 Å². The first-order valence-electron chi connectivity index (χ1n) is 37.9. The number of hydrogen-bond acceptors (Lipinski definition) is 4. The lowest BCUT2D eigenvalue weighted by Gasteiger charge is -2.21. The molecule has 0 fully saturated rings. The Hall–Kier alpha value is -14.6. The van der Waals surface area contributed by atoms with E-state index in [4.69, 9.17) is 33.1 Å². The van der Waals surface area contributed by atoms with Gasteiger partial charge in [0.1, 0.15) is 0 Å². The zero-order valence-electron chi connectivity index (χ0n) is 62.5. The summed E-state index contributed by atoms with van der Waals surface area (Å²) in [5, 5.41) is 0. The van der Waals surface area contributed by atoms with E-state index in [1.165, 1.54) is 72.3 Å². The molecule has 2 aliphatic carbocycles. The molecule has 0 radical (unpaired) electrons. The summed E-state index contributed by atoms with van der Waals surface area (Å²) < 4.78 is 0. The molecule has 2 aliphatic rings. The summed E-state index contributed by atoms with van der Waals surface area (Å²) in [5.74, 6) is 1.39. The van der Waals surface area contributed by atoms with E-state index in [9.17, 15) is 0 Å².